The Morgan fingerprint density at radius 2 is 2.17 bits per heavy atom. The number of amides is 1. The highest BCUT2D eigenvalue weighted by atomic mass is 32.1. The minimum absolute atomic E-state index is 0.341. The summed E-state index contributed by atoms with van der Waals surface area (Å²) in [4.78, 5) is 13.2. The minimum Gasteiger partial charge on any atom is -0.382 e. The van der Waals surface area contributed by atoms with Crippen molar-refractivity contribution in [3.8, 4) is 10.4 Å². The van der Waals surface area contributed by atoms with Gasteiger partial charge in [0.05, 0.1) is 5.56 Å². The van der Waals surface area contributed by atoms with Gasteiger partial charge in [0.15, 0.2) is 0 Å². The Bertz CT molecular complexity index is 645. The van der Waals surface area contributed by atoms with Gasteiger partial charge in [0.1, 0.15) is 0 Å². The predicted octanol–water partition coefficient (Wildman–Crippen LogP) is 4.00. The third-order valence-corrected chi connectivity index (χ3v) is 4.89. The average Bonchev–Trinajstić information content (AvgIpc) is 3.12. The number of thiophene rings is 1. The zero-order valence-electron chi connectivity index (χ0n) is 14.2. The number of carbonyl (C=O) groups excluding carboxylic acids is 1. The van der Waals surface area contributed by atoms with E-state index in [1.165, 1.54) is 5.69 Å². The van der Waals surface area contributed by atoms with Crippen molar-refractivity contribution in [3.63, 3.8) is 0 Å². The van der Waals surface area contributed by atoms with Crippen molar-refractivity contribution in [1.82, 2.24) is 4.57 Å². The third-order valence-electron chi connectivity index (χ3n) is 4.01. The summed E-state index contributed by atoms with van der Waals surface area (Å²) in [6.07, 6.45) is 2.91. The predicted molar refractivity (Wildman–Crippen MR) is 96.1 cm³/mol. The zero-order valence-corrected chi connectivity index (χ0v) is 15.0. The molecule has 126 valence electrons. The van der Waals surface area contributed by atoms with Crippen LogP contribution in [0.25, 0.3) is 10.4 Å². The number of primary amides is 1. The summed E-state index contributed by atoms with van der Waals surface area (Å²) in [5.74, 6) is -0.341. The lowest BCUT2D eigenvalue weighted by atomic mass is 10.0. The van der Waals surface area contributed by atoms with E-state index in [2.05, 4.69) is 17.6 Å². The summed E-state index contributed by atoms with van der Waals surface area (Å²) in [5.41, 5.74) is 9.60. The number of rotatable bonds is 9. The van der Waals surface area contributed by atoms with Gasteiger partial charge in [-0.25, -0.2) is 0 Å². The largest absolute Gasteiger partial charge is 0.382 e. The summed E-state index contributed by atoms with van der Waals surface area (Å²) in [6, 6.07) is 4.08. The molecule has 5 heteroatoms. The lowest BCUT2D eigenvalue weighted by Gasteiger charge is -2.12. The van der Waals surface area contributed by atoms with Crippen LogP contribution in [0.15, 0.2) is 17.5 Å². The molecule has 2 N–H and O–H groups in total. The first-order valence-corrected chi connectivity index (χ1v) is 9.13. The number of ether oxygens (including phenoxy) is 1. The van der Waals surface area contributed by atoms with Crippen LogP contribution in [-0.2, 0) is 17.7 Å². The number of carbonyl (C=O) groups is 1. The molecule has 2 heterocycles. The van der Waals surface area contributed by atoms with Crippen LogP contribution in [0.2, 0.25) is 0 Å². The van der Waals surface area contributed by atoms with Gasteiger partial charge in [0, 0.05) is 41.6 Å². The molecular formula is C18H26N2O2S. The van der Waals surface area contributed by atoms with E-state index in [4.69, 9.17) is 10.5 Å². The molecule has 0 saturated carbocycles. The van der Waals surface area contributed by atoms with Gasteiger partial charge >= 0.3 is 0 Å². The summed E-state index contributed by atoms with van der Waals surface area (Å²) in [7, 11) is 0. The molecule has 23 heavy (non-hydrogen) atoms. The second-order valence-electron chi connectivity index (χ2n) is 5.58. The second kappa shape index (κ2) is 8.31. The summed E-state index contributed by atoms with van der Waals surface area (Å²) in [6.45, 7) is 8.49. The van der Waals surface area contributed by atoms with Crippen molar-refractivity contribution >= 4 is 17.2 Å². The van der Waals surface area contributed by atoms with Gasteiger partial charge in [-0.2, -0.15) is 0 Å². The molecule has 0 aliphatic carbocycles. The van der Waals surface area contributed by atoms with Crippen molar-refractivity contribution in [3.05, 3.63) is 34.5 Å². The lowest BCUT2D eigenvalue weighted by Crippen LogP contribution is -2.13. The fourth-order valence-electron chi connectivity index (χ4n) is 3.05. The van der Waals surface area contributed by atoms with E-state index in [-0.39, 0.29) is 5.91 Å². The van der Waals surface area contributed by atoms with E-state index in [9.17, 15) is 4.79 Å². The van der Waals surface area contributed by atoms with E-state index in [0.717, 1.165) is 55.2 Å². The van der Waals surface area contributed by atoms with Crippen molar-refractivity contribution in [2.75, 3.05) is 13.2 Å². The Morgan fingerprint density at radius 3 is 2.74 bits per heavy atom. The van der Waals surface area contributed by atoms with Gasteiger partial charge in [-0.05, 0) is 38.1 Å². The molecule has 0 fully saturated rings. The Morgan fingerprint density at radius 1 is 1.39 bits per heavy atom. The van der Waals surface area contributed by atoms with E-state index in [1.54, 1.807) is 11.3 Å². The molecule has 0 spiro atoms. The van der Waals surface area contributed by atoms with Crippen LogP contribution in [0.4, 0.5) is 0 Å². The van der Waals surface area contributed by atoms with Crippen LogP contribution in [0.5, 0.6) is 0 Å². The van der Waals surface area contributed by atoms with Crippen molar-refractivity contribution < 1.29 is 9.53 Å². The first kappa shape index (κ1) is 17.8. The van der Waals surface area contributed by atoms with Crippen LogP contribution in [-0.4, -0.2) is 23.7 Å². The molecule has 0 atom stereocenters. The fourth-order valence-corrected chi connectivity index (χ4v) is 3.85. The van der Waals surface area contributed by atoms with Crippen LogP contribution in [0, 0.1) is 6.92 Å². The molecule has 1 amide bonds. The molecule has 2 rings (SSSR count). The maximum absolute atomic E-state index is 12.1. The lowest BCUT2D eigenvalue weighted by molar-refractivity contribution is 0.1000. The highest BCUT2D eigenvalue weighted by Gasteiger charge is 2.24. The molecule has 0 unspecified atom stereocenters. The molecule has 4 nitrogen and oxygen atoms in total. The first-order chi connectivity index (χ1) is 11.1. The monoisotopic (exact) mass is 334 g/mol. The first-order valence-electron chi connectivity index (χ1n) is 8.25. The quantitative estimate of drug-likeness (QED) is 0.705. The smallest absolute Gasteiger partial charge is 0.251 e. The van der Waals surface area contributed by atoms with Gasteiger partial charge in [-0.15, -0.1) is 11.3 Å². The standard InChI is InChI=1S/C18H26N2O2S/c1-4-8-14-17(15-9-6-12-23-15)16(18(19)21)13(3)20(14)10-7-11-22-5-2/h6,9,12H,4-5,7-8,10-11H2,1-3H3,(H2,19,21). The van der Waals surface area contributed by atoms with Crippen LogP contribution in [0.3, 0.4) is 0 Å². The van der Waals surface area contributed by atoms with Crippen LogP contribution >= 0.6 is 11.3 Å². The highest BCUT2D eigenvalue weighted by Crippen LogP contribution is 2.36. The van der Waals surface area contributed by atoms with E-state index in [0.29, 0.717) is 5.56 Å². The number of hydrogen-bond acceptors (Lipinski definition) is 3. The average molecular weight is 334 g/mol. The molecule has 0 aromatic carbocycles. The Balaban J connectivity index is 2.48. The molecule has 2 aromatic heterocycles. The molecular weight excluding hydrogens is 308 g/mol. The number of hydrogen-bond donors (Lipinski definition) is 1. The van der Waals surface area contributed by atoms with Gasteiger partial charge in [0.25, 0.3) is 5.91 Å². The number of nitrogens with zero attached hydrogens (tertiary/aromatic N) is 1. The molecule has 0 aliphatic rings. The molecule has 2 aromatic rings. The van der Waals surface area contributed by atoms with Crippen LogP contribution in [0.1, 0.15) is 48.4 Å². The minimum atomic E-state index is -0.341. The van der Waals surface area contributed by atoms with E-state index < -0.39 is 0 Å². The molecule has 0 radical (unpaired) electrons. The summed E-state index contributed by atoms with van der Waals surface area (Å²) < 4.78 is 7.71. The van der Waals surface area contributed by atoms with Crippen molar-refractivity contribution in [2.24, 2.45) is 5.73 Å². The third kappa shape index (κ3) is 3.85. The van der Waals surface area contributed by atoms with Crippen molar-refractivity contribution in [2.45, 2.75) is 46.6 Å². The molecule has 0 bridgehead atoms. The fraction of sp³-hybridized carbons (Fsp3) is 0.500. The maximum atomic E-state index is 12.1. The Labute approximate surface area is 142 Å². The van der Waals surface area contributed by atoms with E-state index >= 15 is 0 Å². The maximum Gasteiger partial charge on any atom is 0.251 e. The number of nitrogens with two attached hydrogens (primary N) is 1. The van der Waals surface area contributed by atoms with Gasteiger partial charge in [-0.1, -0.05) is 19.4 Å². The topological polar surface area (TPSA) is 57.2 Å². The normalized spacial score (nSPS) is 11.1. The number of aromatic nitrogens is 1. The Kier molecular flexibility index (Phi) is 6.42. The van der Waals surface area contributed by atoms with Gasteiger partial charge < -0.3 is 15.0 Å². The SMILES string of the molecule is CCCc1c(-c2cccs2)c(C(N)=O)c(C)n1CCCOCC. The molecule has 0 aliphatic heterocycles. The van der Waals surface area contributed by atoms with Crippen molar-refractivity contribution in [1.29, 1.82) is 0 Å². The summed E-state index contributed by atoms with van der Waals surface area (Å²) >= 11 is 1.66. The summed E-state index contributed by atoms with van der Waals surface area (Å²) in [5, 5.41) is 2.04. The second-order valence-corrected chi connectivity index (χ2v) is 6.52. The van der Waals surface area contributed by atoms with Crippen LogP contribution < -0.4 is 5.73 Å². The zero-order chi connectivity index (χ0) is 16.8. The molecule has 0 saturated heterocycles. The Hall–Kier alpha value is -1.59. The van der Waals surface area contributed by atoms with Gasteiger partial charge in [0.2, 0.25) is 0 Å². The highest BCUT2D eigenvalue weighted by molar-refractivity contribution is 7.13. The van der Waals surface area contributed by atoms with Gasteiger partial charge in [-0.3, -0.25) is 4.79 Å². The van der Waals surface area contributed by atoms with E-state index in [1.807, 2.05) is 25.3 Å².